The Hall–Kier alpha value is -1.06. The number of carboxylic acid groups (broad SMARTS) is 1. The third kappa shape index (κ3) is 13.9. The fraction of sp³-hybridized carbons (Fsp3) is 0.889. The quantitative estimate of drug-likeness (QED) is 0.337. The number of carboxylic acids is 1. The summed E-state index contributed by atoms with van der Waals surface area (Å²) in [6, 6.07) is 0. The van der Waals surface area contributed by atoms with Crippen LogP contribution in [0.5, 0.6) is 0 Å². The van der Waals surface area contributed by atoms with E-state index in [2.05, 4.69) is 13.8 Å². The number of hydrogen-bond donors (Lipinski definition) is 1. The molecule has 4 nitrogen and oxygen atoms in total. The van der Waals surface area contributed by atoms with Gasteiger partial charge in [-0.3, -0.25) is 9.59 Å². The lowest BCUT2D eigenvalue weighted by atomic mass is 10.0. The second kappa shape index (κ2) is 14.9. The fourth-order valence-corrected chi connectivity index (χ4v) is 2.47. The summed E-state index contributed by atoms with van der Waals surface area (Å²) >= 11 is 0. The maximum absolute atomic E-state index is 11.8. The first-order chi connectivity index (χ1) is 10.6. The Labute approximate surface area is 135 Å². The highest BCUT2D eigenvalue weighted by Gasteiger charge is 2.14. The van der Waals surface area contributed by atoms with E-state index in [1.165, 1.54) is 6.42 Å². The van der Waals surface area contributed by atoms with Crippen LogP contribution < -0.4 is 0 Å². The average Bonchev–Trinajstić information content (AvgIpc) is 2.46. The van der Waals surface area contributed by atoms with Crippen LogP contribution in [0.2, 0.25) is 0 Å². The molecule has 1 atom stereocenters. The van der Waals surface area contributed by atoms with Gasteiger partial charge in [0.2, 0.25) is 0 Å². The van der Waals surface area contributed by atoms with E-state index >= 15 is 0 Å². The van der Waals surface area contributed by atoms with Gasteiger partial charge in [0.1, 0.15) is 6.10 Å². The molecule has 0 aromatic rings. The SMILES string of the molecule is CCCCCC(=O)OC(CCCCC)CCCCCC(=O)O. The largest absolute Gasteiger partial charge is 0.481 e. The van der Waals surface area contributed by atoms with E-state index in [1.807, 2.05) is 0 Å². The van der Waals surface area contributed by atoms with Gasteiger partial charge in [-0.2, -0.15) is 0 Å². The van der Waals surface area contributed by atoms with Gasteiger partial charge in [-0.1, -0.05) is 46.0 Å². The number of carbonyl (C=O) groups excluding carboxylic acids is 1. The standard InChI is InChI=1S/C18H34O4/c1-3-5-8-12-16(13-10-7-11-14-17(19)20)22-18(21)15-9-6-4-2/h16H,3-15H2,1-2H3,(H,19,20). The van der Waals surface area contributed by atoms with Crippen molar-refractivity contribution in [3.63, 3.8) is 0 Å². The molecule has 0 bridgehead atoms. The third-order valence-electron chi connectivity index (χ3n) is 3.83. The van der Waals surface area contributed by atoms with Crippen molar-refractivity contribution in [1.82, 2.24) is 0 Å². The van der Waals surface area contributed by atoms with Gasteiger partial charge in [0.25, 0.3) is 0 Å². The Kier molecular flexibility index (Phi) is 14.1. The van der Waals surface area contributed by atoms with Crippen LogP contribution in [0.15, 0.2) is 0 Å². The molecule has 0 heterocycles. The molecule has 0 aliphatic heterocycles. The molecule has 0 spiro atoms. The van der Waals surface area contributed by atoms with Gasteiger partial charge in [-0.05, 0) is 38.5 Å². The first kappa shape index (κ1) is 20.9. The van der Waals surface area contributed by atoms with E-state index in [-0.39, 0.29) is 18.5 Å². The second-order valence-corrected chi connectivity index (χ2v) is 6.06. The number of carbonyl (C=O) groups is 2. The van der Waals surface area contributed by atoms with Gasteiger partial charge < -0.3 is 9.84 Å². The van der Waals surface area contributed by atoms with Crippen LogP contribution in [-0.4, -0.2) is 23.1 Å². The molecule has 0 rings (SSSR count). The Balaban J connectivity index is 3.96. The number of aliphatic carboxylic acids is 1. The van der Waals surface area contributed by atoms with Gasteiger partial charge in [-0.15, -0.1) is 0 Å². The van der Waals surface area contributed by atoms with Crippen LogP contribution in [0.25, 0.3) is 0 Å². The van der Waals surface area contributed by atoms with E-state index in [0.29, 0.717) is 12.8 Å². The Bertz CT molecular complexity index is 289. The molecule has 22 heavy (non-hydrogen) atoms. The van der Waals surface area contributed by atoms with E-state index < -0.39 is 5.97 Å². The van der Waals surface area contributed by atoms with Gasteiger partial charge in [-0.25, -0.2) is 0 Å². The van der Waals surface area contributed by atoms with E-state index in [9.17, 15) is 9.59 Å². The predicted molar refractivity (Wildman–Crippen MR) is 88.9 cm³/mol. The number of unbranched alkanes of at least 4 members (excludes halogenated alkanes) is 6. The summed E-state index contributed by atoms with van der Waals surface area (Å²) in [6.45, 7) is 4.29. The summed E-state index contributed by atoms with van der Waals surface area (Å²) < 4.78 is 5.62. The highest BCUT2D eigenvalue weighted by Crippen LogP contribution is 2.16. The Morgan fingerprint density at radius 3 is 1.95 bits per heavy atom. The molecule has 1 N–H and O–H groups in total. The first-order valence-electron chi connectivity index (χ1n) is 9.01. The normalized spacial score (nSPS) is 12.1. The van der Waals surface area contributed by atoms with Gasteiger partial charge >= 0.3 is 11.9 Å². The Morgan fingerprint density at radius 2 is 1.36 bits per heavy atom. The molecule has 0 radical (unpaired) electrons. The van der Waals surface area contributed by atoms with Crippen molar-refractivity contribution in [3.05, 3.63) is 0 Å². The highest BCUT2D eigenvalue weighted by molar-refractivity contribution is 5.69. The lowest BCUT2D eigenvalue weighted by Gasteiger charge is -2.18. The first-order valence-corrected chi connectivity index (χ1v) is 9.01. The van der Waals surface area contributed by atoms with Gasteiger partial charge in [0.05, 0.1) is 0 Å². The zero-order chi connectivity index (χ0) is 16.6. The van der Waals surface area contributed by atoms with Crippen molar-refractivity contribution in [2.75, 3.05) is 0 Å². The van der Waals surface area contributed by atoms with E-state index in [4.69, 9.17) is 9.84 Å². The molecule has 4 heteroatoms. The lowest BCUT2D eigenvalue weighted by Crippen LogP contribution is -2.18. The molecule has 130 valence electrons. The number of hydrogen-bond acceptors (Lipinski definition) is 3. The molecule has 0 fully saturated rings. The maximum Gasteiger partial charge on any atom is 0.306 e. The Morgan fingerprint density at radius 1 is 0.818 bits per heavy atom. The minimum Gasteiger partial charge on any atom is -0.481 e. The monoisotopic (exact) mass is 314 g/mol. The topological polar surface area (TPSA) is 63.6 Å². The molecule has 0 aliphatic carbocycles. The van der Waals surface area contributed by atoms with Crippen molar-refractivity contribution < 1.29 is 19.4 Å². The van der Waals surface area contributed by atoms with Crippen molar-refractivity contribution in [3.8, 4) is 0 Å². The van der Waals surface area contributed by atoms with Crippen LogP contribution in [0.3, 0.4) is 0 Å². The average molecular weight is 314 g/mol. The molecular weight excluding hydrogens is 280 g/mol. The van der Waals surface area contributed by atoms with Crippen LogP contribution in [0.4, 0.5) is 0 Å². The van der Waals surface area contributed by atoms with Crippen LogP contribution in [0.1, 0.15) is 97.3 Å². The summed E-state index contributed by atoms with van der Waals surface area (Å²) in [5.41, 5.74) is 0. The molecule has 1 unspecified atom stereocenters. The molecule has 0 aliphatic rings. The number of esters is 1. The van der Waals surface area contributed by atoms with E-state index in [0.717, 1.165) is 57.8 Å². The van der Waals surface area contributed by atoms with Crippen LogP contribution in [0, 0.1) is 0 Å². The van der Waals surface area contributed by atoms with Gasteiger partial charge in [0, 0.05) is 12.8 Å². The number of ether oxygens (including phenoxy) is 1. The van der Waals surface area contributed by atoms with Crippen LogP contribution in [-0.2, 0) is 14.3 Å². The summed E-state index contributed by atoms with van der Waals surface area (Å²) in [5.74, 6) is -0.803. The van der Waals surface area contributed by atoms with Crippen molar-refractivity contribution in [2.45, 2.75) is 103 Å². The smallest absolute Gasteiger partial charge is 0.306 e. The summed E-state index contributed by atoms with van der Waals surface area (Å²) in [7, 11) is 0. The zero-order valence-electron chi connectivity index (χ0n) is 14.4. The number of rotatable bonds is 15. The summed E-state index contributed by atoms with van der Waals surface area (Å²) in [5, 5.41) is 8.62. The predicted octanol–water partition coefficient (Wildman–Crippen LogP) is 5.09. The third-order valence-corrected chi connectivity index (χ3v) is 3.83. The molecular formula is C18H34O4. The molecule has 0 saturated carbocycles. The van der Waals surface area contributed by atoms with E-state index in [1.54, 1.807) is 0 Å². The molecule has 0 aromatic carbocycles. The van der Waals surface area contributed by atoms with Crippen LogP contribution >= 0.6 is 0 Å². The molecule has 0 saturated heterocycles. The minimum atomic E-state index is -0.734. The van der Waals surface area contributed by atoms with Gasteiger partial charge in [0.15, 0.2) is 0 Å². The summed E-state index contributed by atoms with van der Waals surface area (Å²) in [4.78, 5) is 22.3. The summed E-state index contributed by atoms with van der Waals surface area (Å²) in [6.07, 6.45) is 11.6. The maximum atomic E-state index is 11.8. The van der Waals surface area contributed by atoms with Crippen molar-refractivity contribution in [1.29, 1.82) is 0 Å². The lowest BCUT2D eigenvalue weighted by molar-refractivity contribution is -0.150. The molecule has 0 amide bonds. The second-order valence-electron chi connectivity index (χ2n) is 6.06. The fourth-order valence-electron chi connectivity index (χ4n) is 2.47. The minimum absolute atomic E-state index is 0.0190. The zero-order valence-corrected chi connectivity index (χ0v) is 14.4. The molecule has 0 aromatic heterocycles. The highest BCUT2D eigenvalue weighted by atomic mass is 16.5. The van der Waals surface area contributed by atoms with Crippen molar-refractivity contribution in [2.24, 2.45) is 0 Å². The van der Waals surface area contributed by atoms with Crippen molar-refractivity contribution >= 4 is 11.9 Å².